The summed E-state index contributed by atoms with van der Waals surface area (Å²) in [5.74, 6) is 0.304. The Morgan fingerprint density at radius 3 is 2.29 bits per heavy atom. The van der Waals surface area contributed by atoms with Gasteiger partial charge in [0.2, 0.25) is 0 Å². The van der Waals surface area contributed by atoms with E-state index in [9.17, 15) is 14.7 Å². The summed E-state index contributed by atoms with van der Waals surface area (Å²) in [6.07, 6.45) is 2.99. The number of aliphatic hydroxyl groups is 1. The number of hydrogen-bond donors (Lipinski definition) is 1. The van der Waals surface area contributed by atoms with E-state index in [-0.39, 0.29) is 11.8 Å². The number of aromatic nitrogens is 2. The first-order valence-electron chi connectivity index (χ1n) is 11.9. The van der Waals surface area contributed by atoms with Crippen LogP contribution in [0.2, 0.25) is 0 Å². The molecule has 2 saturated heterocycles. The lowest BCUT2D eigenvalue weighted by Gasteiger charge is -2.35. The quantitative estimate of drug-likeness (QED) is 0.631. The summed E-state index contributed by atoms with van der Waals surface area (Å²) in [7, 11) is 0. The first-order valence-corrected chi connectivity index (χ1v) is 11.9. The second kappa shape index (κ2) is 8.21. The highest BCUT2D eigenvalue weighted by Gasteiger charge is 2.50. The van der Waals surface area contributed by atoms with Gasteiger partial charge in [-0.05, 0) is 42.2 Å². The van der Waals surface area contributed by atoms with Gasteiger partial charge in [0.05, 0.1) is 24.9 Å². The Hall–Kier alpha value is -3.23. The van der Waals surface area contributed by atoms with Gasteiger partial charge in [-0.2, -0.15) is 5.10 Å². The van der Waals surface area contributed by atoms with Gasteiger partial charge < -0.3 is 19.6 Å². The van der Waals surface area contributed by atoms with E-state index in [1.165, 1.54) is 0 Å². The number of benzene rings is 2. The van der Waals surface area contributed by atoms with E-state index in [2.05, 4.69) is 28.0 Å². The van der Waals surface area contributed by atoms with Gasteiger partial charge in [-0.25, -0.2) is 0 Å². The Morgan fingerprint density at radius 2 is 1.65 bits per heavy atom. The van der Waals surface area contributed by atoms with Crippen LogP contribution in [0.25, 0.3) is 22.0 Å². The van der Waals surface area contributed by atoms with Gasteiger partial charge in [-0.1, -0.05) is 24.3 Å². The number of nitrogens with zero attached hydrogens (tertiary/aromatic N) is 4. The molecule has 0 bridgehead atoms. The minimum absolute atomic E-state index is 0.0278. The van der Waals surface area contributed by atoms with Crippen LogP contribution in [0.3, 0.4) is 0 Å². The molecule has 2 aromatic carbocycles. The van der Waals surface area contributed by atoms with Gasteiger partial charge in [0.25, 0.3) is 11.8 Å². The molecule has 1 N–H and O–H groups in total. The van der Waals surface area contributed by atoms with Crippen LogP contribution in [-0.2, 0) is 16.1 Å². The van der Waals surface area contributed by atoms with Crippen LogP contribution in [0.5, 0.6) is 0 Å². The van der Waals surface area contributed by atoms with Crippen LogP contribution in [0.15, 0.2) is 48.7 Å². The van der Waals surface area contributed by atoms with Crippen molar-refractivity contribution in [2.75, 3.05) is 39.4 Å². The minimum Gasteiger partial charge on any atom is -0.381 e. The summed E-state index contributed by atoms with van der Waals surface area (Å²) in [5.41, 5.74) is 2.73. The van der Waals surface area contributed by atoms with E-state index in [1.807, 2.05) is 30.5 Å². The Bertz CT molecular complexity index is 1240. The standard InChI is InChI=1S/C26H28N4O4/c31-24(28-9-11-29(12-10-28)25(32)26(33)7-8-26)20-3-1-19(2-4-20)21-5-6-22-14-27-30(23(22)13-21)15-18-16-34-17-18/h1-6,13-14,18,33H,7-12,15-17H2. The van der Waals surface area contributed by atoms with Crippen molar-refractivity contribution < 1.29 is 19.4 Å². The van der Waals surface area contributed by atoms with E-state index >= 15 is 0 Å². The number of carbonyl (C=O) groups is 2. The number of carbonyl (C=O) groups excluding carboxylic acids is 2. The maximum absolute atomic E-state index is 13.0. The number of fused-ring (bicyclic) bond motifs is 1. The van der Waals surface area contributed by atoms with E-state index in [1.54, 1.807) is 9.80 Å². The van der Waals surface area contributed by atoms with Crippen LogP contribution < -0.4 is 0 Å². The fraction of sp³-hybridized carbons (Fsp3) is 0.423. The predicted molar refractivity (Wildman–Crippen MR) is 126 cm³/mol. The van der Waals surface area contributed by atoms with Gasteiger partial charge in [-0.15, -0.1) is 0 Å². The van der Waals surface area contributed by atoms with Crippen molar-refractivity contribution in [1.29, 1.82) is 0 Å². The molecule has 8 heteroatoms. The summed E-state index contributed by atoms with van der Waals surface area (Å²) in [6.45, 7) is 4.34. The molecule has 6 rings (SSSR count). The molecule has 0 unspecified atom stereocenters. The highest BCUT2D eigenvalue weighted by Crippen LogP contribution is 2.37. The van der Waals surface area contributed by atoms with Crippen LogP contribution in [0.4, 0.5) is 0 Å². The Balaban J connectivity index is 1.13. The smallest absolute Gasteiger partial charge is 0.254 e. The number of piperazine rings is 1. The number of rotatable bonds is 5. The van der Waals surface area contributed by atoms with Gasteiger partial charge in [0, 0.05) is 49.6 Å². The van der Waals surface area contributed by atoms with Gasteiger partial charge in [0.1, 0.15) is 5.60 Å². The summed E-state index contributed by atoms with van der Waals surface area (Å²) in [4.78, 5) is 28.8. The average Bonchev–Trinajstić information content (AvgIpc) is 3.48. The maximum Gasteiger partial charge on any atom is 0.254 e. The zero-order valence-corrected chi connectivity index (χ0v) is 19.0. The molecule has 3 fully saturated rings. The fourth-order valence-corrected chi connectivity index (χ4v) is 4.76. The van der Waals surface area contributed by atoms with Crippen molar-refractivity contribution >= 4 is 22.7 Å². The third kappa shape index (κ3) is 3.86. The maximum atomic E-state index is 13.0. The average molecular weight is 461 g/mol. The molecule has 176 valence electrons. The number of ether oxygens (including phenoxy) is 1. The second-order valence-electron chi connectivity index (χ2n) is 9.70. The SMILES string of the molecule is O=C(c1ccc(-c2ccc3cnn(CC4COC4)c3c2)cc1)N1CCN(C(=O)C2(O)CC2)CC1. The van der Waals surface area contributed by atoms with Crippen molar-refractivity contribution in [3.63, 3.8) is 0 Å². The molecule has 2 aliphatic heterocycles. The predicted octanol–water partition coefficient (Wildman–Crippen LogP) is 2.16. The number of amides is 2. The molecule has 1 aromatic heterocycles. The van der Waals surface area contributed by atoms with E-state index in [4.69, 9.17) is 4.74 Å². The molecule has 0 atom stereocenters. The molecule has 1 aliphatic carbocycles. The topological polar surface area (TPSA) is 87.9 Å². The summed E-state index contributed by atoms with van der Waals surface area (Å²) >= 11 is 0. The third-order valence-electron chi connectivity index (χ3n) is 7.22. The first kappa shape index (κ1) is 21.3. The van der Waals surface area contributed by atoms with Crippen molar-refractivity contribution in [3.05, 3.63) is 54.2 Å². The zero-order chi connectivity index (χ0) is 23.3. The van der Waals surface area contributed by atoms with Crippen molar-refractivity contribution in [2.24, 2.45) is 5.92 Å². The highest BCUT2D eigenvalue weighted by molar-refractivity contribution is 5.95. The molecule has 3 heterocycles. The lowest BCUT2D eigenvalue weighted by Crippen LogP contribution is -2.53. The molecular formula is C26H28N4O4. The summed E-state index contributed by atoms with van der Waals surface area (Å²) in [6, 6.07) is 14.0. The minimum atomic E-state index is -1.14. The van der Waals surface area contributed by atoms with Crippen LogP contribution in [-0.4, -0.2) is 81.5 Å². The zero-order valence-electron chi connectivity index (χ0n) is 19.0. The largest absolute Gasteiger partial charge is 0.381 e. The molecule has 0 radical (unpaired) electrons. The van der Waals surface area contributed by atoms with Crippen LogP contribution in [0, 0.1) is 5.92 Å². The lowest BCUT2D eigenvalue weighted by atomic mass is 10.0. The number of hydrogen-bond acceptors (Lipinski definition) is 5. The second-order valence-corrected chi connectivity index (χ2v) is 9.70. The first-order chi connectivity index (χ1) is 16.5. The molecular weight excluding hydrogens is 432 g/mol. The normalized spacial score (nSPS) is 19.8. The van der Waals surface area contributed by atoms with Crippen LogP contribution >= 0.6 is 0 Å². The molecule has 3 aliphatic rings. The molecule has 0 spiro atoms. The van der Waals surface area contributed by atoms with Crippen molar-refractivity contribution in [3.8, 4) is 11.1 Å². The van der Waals surface area contributed by atoms with Crippen molar-refractivity contribution in [2.45, 2.75) is 25.0 Å². The summed E-state index contributed by atoms with van der Waals surface area (Å²) in [5, 5.41) is 15.7. The van der Waals surface area contributed by atoms with Crippen molar-refractivity contribution in [1.82, 2.24) is 19.6 Å². The van der Waals surface area contributed by atoms with E-state index in [0.717, 1.165) is 41.8 Å². The molecule has 8 nitrogen and oxygen atoms in total. The molecule has 2 amide bonds. The van der Waals surface area contributed by atoms with Gasteiger partial charge in [-0.3, -0.25) is 14.3 Å². The third-order valence-corrected chi connectivity index (χ3v) is 7.22. The summed E-state index contributed by atoms with van der Waals surface area (Å²) < 4.78 is 7.35. The van der Waals surface area contributed by atoms with E-state index < -0.39 is 5.60 Å². The highest BCUT2D eigenvalue weighted by atomic mass is 16.5. The van der Waals surface area contributed by atoms with Crippen LogP contribution in [0.1, 0.15) is 23.2 Å². The molecule has 34 heavy (non-hydrogen) atoms. The fourth-order valence-electron chi connectivity index (χ4n) is 4.76. The Labute approximate surface area is 197 Å². The lowest BCUT2D eigenvalue weighted by molar-refractivity contribution is -0.143. The Kier molecular flexibility index (Phi) is 5.15. The molecule has 3 aromatic rings. The Morgan fingerprint density at radius 1 is 0.971 bits per heavy atom. The molecule has 1 saturated carbocycles. The van der Waals surface area contributed by atoms with E-state index in [0.29, 0.717) is 50.5 Å². The van der Waals surface area contributed by atoms with Gasteiger partial charge in [0.15, 0.2) is 0 Å². The van der Waals surface area contributed by atoms with Gasteiger partial charge >= 0.3 is 0 Å². The monoisotopic (exact) mass is 460 g/mol.